The van der Waals surface area contributed by atoms with E-state index in [-0.39, 0.29) is 37.0 Å². The summed E-state index contributed by atoms with van der Waals surface area (Å²) in [6, 6.07) is 9.88. The second-order valence-electron chi connectivity index (χ2n) is 12.0. The number of rotatable bonds is 2. The number of nitrogens with zero attached hydrogens (tertiary/aromatic N) is 5. The number of hydrogen-bond donors (Lipinski definition) is 0. The molecule has 0 unspecified atom stereocenters. The summed E-state index contributed by atoms with van der Waals surface area (Å²) in [6.07, 6.45) is 9.12. The second-order valence-corrected chi connectivity index (χ2v) is 12.9. The van der Waals surface area contributed by atoms with Crippen LogP contribution in [0.2, 0.25) is 0 Å². The van der Waals surface area contributed by atoms with Gasteiger partial charge < -0.3 is 19.1 Å². The lowest BCUT2D eigenvalue weighted by Crippen LogP contribution is -2.35. The van der Waals surface area contributed by atoms with Crippen LogP contribution in [0.5, 0.6) is 11.5 Å². The van der Waals surface area contributed by atoms with Crippen LogP contribution in [-0.2, 0) is 29.5 Å². The predicted molar refractivity (Wildman–Crippen MR) is 188 cm³/mol. The highest BCUT2D eigenvalue weighted by molar-refractivity contribution is 7.18. The van der Waals surface area contributed by atoms with Crippen LogP contribution >= 0.6 is 11.3 Å². The van der Waals surface area contributed by atoms with E-state index in [4.69, 9.17) is 24.2 Å². The maximum absolute atomic E-state index is 16.3. The van der Waals surface area contributed by atoms with Crippen LogP contribution in [0.25, 0.3) is 54.6 Å². The van der Waals surface area contributed by atoms with Crippen molar-refractivity contribution in [2.24, 2.45) is 7.05 Å². The van der Waals surface area contributed by atoms with Gasteiger partial charge in [-0.3, -0.25) is 14.5 Å². The highest BCUT2D eigenvalue weighted by Crippen LogP contribution is 2.48. The topological polar surface area (TPSA) is 91.6 Å². The molecule has 4 aromatic heterocycles. The SMILES string of the molecule is C=CC(=O)N1CCc2ncc(-c3nc4c5ccsc5c3-c3c(F)cc(F)cc3OCCOC/C=C/COc3cc5c(cnn5C)cc3-4)cc2C1. The van der Waals surface area contributed by atoms with E-state index < -0.39 is 11.6 Å². The number of fused-ring (bicyclic) bond motifs is 6. The molecule has 2 bridgehead atoms. The van der Waals surface area contributed by atoms with Gasteiger partial charge in [-0.1, -0.05) is 12.7 Å². The van der Waals surface area contributed by atoms with Gasteiger partial charge in [0.2, 0.25) is 5.91 Å². The lowest BCUT2D eigenvalue weighted by Gasteiger charge is -2.27. The van der Waals surface area contributed by atoms with Gasteiger partial charge in [-0.05, 0) is 41.3 Å². The van der Waals surface area contributed by atoms with E-state index in [1.165, 1.54) is 23.5 Å². The number of halogens is 2. The fourth-order valence-electron chi connectivity index (χ4n) is 6.57. The van der Waals surface area contributed by atoms with Gasteiger partial charge in [-0.25, -0.2) is 13.8 Å². The molecule has 9 nitrogen and oxygen atoms in total. The third-order valence-corrected chi connectivity index (χ3v) is 9.91. The molecular formula is C38H31F2N5O4S. The van der Waals surface area contributed by atoms with Crippen LogP contribution in [0.1, 0.15) is 11.3 Å². The highest BCUT2D eigenvalue weighted by Gasteiger charge is 2.28. The van der Waals surface area contributed by atoms with Crippen molar-refractivity contribution in [2.45, 2.75) is 13.0 Å². The molecule has 2 aromatic carbocycles. The van der Waals surface area contributed by atoms with Crippen molar-refractivity contribution in [3.8, 4) is 45.1 Å². The number of benzene rings is 2. The number of pyridine rings is 2. The van der Waals surface area contributed by atoms with Gasteiger partial charge in [-0.2, -0.15) is 5.10 Å². The highest BCUT2D eigenvalue weighted by atomic mass is 32.1. The predicted octanol–water partition coefficient (Wildman–Crippen LogP) is 7.27. The van der Waals surface area contributed by atoms with Gasteiger partial charge in [0.15, 0.2) is 0 Å². The van der Waals surface area contributed by atoms with Gasteiger partial charge in [0, 0.05) is 88.8 Å². The summed E-state index contributed by atoms with van der Waals surface area (Å²) in [7, 11) is 1.87. The Morgan fingerprint density at radius 2 is 1.88 bits per heavy atom. The zero-order chi connectivity index (χ0) is 34.4. The quantitative estimate of drug-likeness (QED) is 0.139. The summed E-state index contributed by atoms with van der Waals surface area (Å²) in [5, 5.41) is 8.03. The molecule has 12 heteroatoms. The molecule has 0 atom stereocenters. The summed E-state index contributed by atoms with van der Waals surface area (Å²) >= 11 is 1.42. The fraction of sp³-hybridized carbons (Fsp3) is 0.211. The molecule has 0 fully saturated rings. The summed E-state index contributed by atoms with van der Waals surface area (Å²) in [4.78, 5) is 24.4. The molecule has 6 heterocycles. The van der Waals surface area contributed by atoms with E-state index >= 15 is 4.39 Å². The molecule has 0 aliphatic carbocycles. The number of aromatic nitrogens is 4. The minimum atomic E-state index is -0.790. The molecule has 0 saturated carbocycles. The number of carbonyl (C=O) groups is 1. The zero-order valence-corrected chi connectivity index (χ0v) is 27.9. The van der Waals surface area contributed by atoms with Crippen LogP contribution in [0.4, 0.5) is 8.78 Å². The van der Waals surface area contributed by atoms with Gasteiger partial charge >= 0.3 is 0 Å². The lowest BCUT2D eigenvalue weighted by atomic mass is 9.93. The fourth-order valence-corrected chi connectivity index (χ4v) is 7.52. The third kappa shape index (κ3) is 5.69. The van der Waals surface area contributed by atoms with E-state index in [9.17, 15) is 9.18 Å². The Labute approximate surface area is 290 Å². The van der Waals surface area contributed by atoms with E-state index in [1.54, 1.807) is 22.0 Å². The molecule has 0 N–H and O–H groups in total. The first kappa shape index (κ1) is 31.8. The van der Waals surface area contributed by atoms with Crippen molar-refractivity contribution in [1.82, 2.24) is 24.6 Å². The summed E-state index contributed by atoms with van der Waals surface area (Å²) in [6.45, 7) is 5.36. The molecule has 50 heavy (non-hydrogen) atoms. The van der Waals surface area contributed by atoms with Crippen LogP contribution < -0.4 is 9.47 Å². The first-order chi connectivity index (χ1) is 24.4. The summed E-state index contributed by atoms with van der Waals surface area (Å²) in [5.41, 5.74) is 5.49. The Balaban J connectivity index is 1.43. The van der Waals surface area contributed by atoms with E-state index in [1.807, 2.05) is 48.8 Å². The number of amides is 1. The molecule has 1 amide bonds. The maximum atomic E-state index is 16.3. The third-order valence-electron chi connectivity index (χ3n) is 8.98. The molecule has 0 radical (unpaired) electrons. The van der Waals surface area contributed by atoms with E-state index in [0.717, 1.165) is 43.9 Å². The average Bonchev–Trinajstić information content (AvgIpc) is 3.76. The first-order valence-electron chi connectivity index (χ1n) is 16.1. The van der Waals surface area contributed by atoms with Gasteiger partial charge in [0.25, 0.3) is 0 Å². The number of carbonyl (C=O) groups excluding carboxylic acids is 1. The minimum absolute atomic E-state index is 0.0333. The van der Waals surface area contributed by atoms with Crippen LogP contribution in [-0.4, -0.2) is 63.5 Å². The number of aryl methyl sites for hydroxylation is 1. The van der Waals surface area contributed by atoms with Gasteiger partial charge in [0.1, 0.15) is 36.3 Å². The number of hydrogen-bond acceptors (Lipinski definition) is 8. The molecule has 252 valence electrons. The Hall–Kier alpha value is -5.46. The van der Waals surface area contributed by atoms with Crippen molar-refractivity contribution < 1.29 is 27.8 Å². The molecule has 6 aromatic rings. The molecule has 8 rings (SSSR count). The van der Waals surface area contributed by atoms with Crippen LogP contribution in [0, 0.1) is 11.6 Å². The Morgan fingerprint density at radius 1 is 1.00 bits per heavy atom. The standard InChI is InChI=1S/C38H31F2N5O4S/c1-3-33(46)45-8-6-29-24(21-45)14-23(19-41-29)36-35-34-28(40)16-25(39)17-32(34)49-12-11-47-9-4-5-10-48-31-18-30-22(20-42-44(30)2)15-27(31)37(43-36)26-7-13-50-38(26)35/h3-5,7,13-20H,1,6,8-12,21H2,2H3/b5-4+. The normalized spacial score (nSPS) is 15.5. The molecule has 2 aliphatic heterocycles. The van der Waals surface area contributed by atoms with Crippen molar-refractivity contribution in [1.29, 1.82) is 0 Å². The van der Waals surface area contributed by atoms with Crippen LogP contribution in [0.15, 0.2) is 79.0 Å². The molecule has 0 spiro atoms. The summed E-state index contributed by atoms with van der Waals surface area (Å²) in [5.74, 6) is -1.10. The molecule has 2 aliphatic rings. The Bertz CT molecular complexity index is 2350. The van der Waals surface area contributed by atoms with Crippen molar-refractivity contribution in [3.05, 3.63) is 102 Å². The second kappa shape index (κ2) is 13.1. The van der Waals surface area contributed by atoms with Crippen molar-refractivity contribution in [2.75, 3.05) is 33.0 Å². The molecular weight excluding hydrogens is 661 g/mol. The van der Waals surface area contributed by atoms with E-state index in [2.05, 4.69) is 11.7 Å². The van der Waals surface area contributed by atoms with Crippen molar-refractivity contribution >= 4 is 38.2 Å². The summed E-state index contributed by atoms with van der Waals surface area (Å²) < 4.78 is 51.7. The van der Waals surface area contributed by atoms with E-state index in [0.29, 0.717) is 54.4 Å². The zero-order valence-electron chi connectivity index (χ0n) is 27.1. The molecule has 0 saturated heterocycles. The average molecular weight is 692 g/mol. The maximum Gasteiger partial charge on any atom is 0.246 e. The van der Waals surface area contributed by atoms with Crippen LogP contribution in [0.3, 0.4) is 0 Å². The lowest BCUT2D eigenvalue weighted by molar-refractivity contribution is -0.126. The number of ether oxygens (including phenoxy) is 3. The van der Waals surface area contributed by atoms with Crippen molar-refractivity contribution in [3.63, 3.8) is 0 Å². The number of thiophene rings is 1. The van der Waals surface area contributed by atoms with Gasteiger partial charge in [-0.15, -0.1) is 11.3 Å². The minimum Gasteiger partial charge on any atom is -0.490 e. The first-order valence-corrected chi connectivity index (χ1v) is 17.0. The Kier molecular flexibility index (Phi) is 8.33. The Morgan fingerprint density at radius 3 is 2.76 bits per heavy atom. The largest absolute Gasteiger partial charge is 0.490 e. The smallest absolute Gasteiger partial charge is 0.246 e. The van der Waals surface area contributed by atoms with Gasteiger partial charge in [0.05, 0.1) is 41.9 Å². The monoisotopic (exact) mass is 691 g/mol.